The molecule has 0 radical (unpaired) electrons. The molecule has 33 heavy (non-hydrogen) atoms. The Morgan fingerprint density at radius 3 is 2.06 bits per heavy atom. The summed E-state index contributed by atoms with van der Waals surface area (Å²) in [6, 6.07) is 4.50. The zero-order chi connectivity index (χ0) is 24.8. The lowest BCUT2D eigenvalue weighted by atomic mass is 9.99. The van der Waals surface area contributed by atoms with Crippen molar-refractivity contribution in [3.05, 3.63) is 30.1 Å². The number of esters is 1. The second-order valence-corrected chi connectivity index (χ2v) is 9.74. The van der Waals surface area contributed by atoms with Gasteiger partial charge < -0.3 is 18.7 Å². The normalized spacial score (nSPS) is 11.6. The van der Waals surface area contributed by atoms with Gasteiger partial charge in [0.15, 0.2) is 17.3 Å². The summed E-state index contributed by atoms with van der Waals surface area (Å²) >= 11 is 0. The Morgan fingerprint density at radius 1 is 0.970 bits per heavy atom. The molecule has 2 rings (SSSR count). The van der Waals surface area contributed by atoms with Gasteiger partial charge in [0.25, 0.3) is 0 Å². The lowest BCUT2D eigenvalue weighted by Crippen LogP contribution is -2.41. The van der Waals surface area contributed by atoms with Crippen molar-refractivity contribution in [1.82, 2.24) is 10.1 Å². The second kappa shape index (κ2) is 10.5. The van der Waals surface area contributed by atoms with Gasteiger partial charge in [0, 0.05) is 12.3 Å². The van der Waals surface area contributed by atoms with Gasteiger partial charge in [-0.15, -0.1) is 0 Å². The summed E-state index contributed by atoms with van der Waals surface area (Å²) in [4.78, 5) is 42.8. The molecule has 0 aliphatic heterocycles. The molecule has 0 N–H and O–H groups in total. The Labute approximate surface area is 193 Å². The minimum Gasteiger partial charge on any atom is -0.461 e. The minimum atomic E-state index is -0.950. The van der Waals surface area contributed by atoms with Crippen LogP contribution in [0.25, 0.3) is 11.3 Å². The number of aromatic nitrogens is 2. The molecule has 0 aromatic carbocycles. The minimum absolute atomic E-state index is 0.0566. The predicted octanol–water partition coefficient (Wildman–Crippen LogP) is 5.09. The van der Waals surface area contributed by atoms with Crippen molar-refractivity contribution in [2.75, 3.05) is 24.7 Å². The number of anilines is 1. The van der Waals surface area contributed by atoms with Crippen LogP contribution in [0.3, 0.4) is 0 Å². The third-order valence-corrected chi connectivity index (χ3v) is 3.88. The fourth-order valence-corrected chi connectivity index (χ4v) is 2.40. The largest absolute Gasteiger partial charge is 0.461 e. The molecular weight excluding hydrogens is 430 g/mol. The molecule has 10 nitrogen and oxygen atoms in total. The topological polar surface area (TPSA) is 121 Å². The van der Waals surface area contributed by atoms with E-state index in [1.165, 1.54) is 12.3 Å². The van der Waals surface area contributed by atoms with E-state index in [0.717, 1.165) is 0 Å². The summed E-state index contributed by atoms with van der Waals surface area (Å²) in [5, 5.41) is 3.71. The molecule has 0 fully saturated rings. The van der Waals surface area contributed by atoms with Gasteiger partial charge in [-0.2, -0.15) is 4.90 Å². The predicted molar refractivity (Wildman–Crippen MR) is 120 cm³/mol. The lowest BCUT2D eigenvalue weighted by molar-refractivity contribution is 0.0514. The Bertz CT molecular complexity index is 956. The number of pyridine rings is 1. The average molecular weight is 462 g/mol. The first kappa shape index (κ1) is 25.8. The number of carbonyl (C=O) groups excluding carboxylic acids is 3. The van der Waals surface area contributed by atoms with Crippen LogP contribution >= 0.6 is 0 Å². The molecular formula is C23H31N3O7. The average Bonchev–Trinajstić information content (AvgIpc) is 3.21. The van der Waals surface area contributed by atoms with E-state index in [1.807, 2.05) is 41.5 Å². The highest BCUT2D eigenvalue weighted by Gasteiger charge is 2.33. The Hall–Kier alpha value is -3.43. The molecule has 2 aromatic rings. The second-order valence-electron chi connectivity index (χ2n) is 9.74. The highest BCUT2D eigenvalue weighted by atomic mass is 16.6. The maximum Gasteiger partial charge on any atom is 0.425 e. The summed E-state index contributed by atoms with van der Waals surface area (Å²) in [6.07, 6.45) is -0.495. The van der Waals surface area contributed by atoms with E-state index >= 15 is 0 Å². The van der Waals surface area contributed by atoms with E-state index in [1.54, 1.807) is 19.1 Å². The van der Waals surface area contributed by atoms with E-state index in [9.17, 15) is 14.4 Å². The quantitative estimate of drug-likeness (QED) is 0.428. The standard InChI is InChI=1S/C23H31N3O7/c1-8-30-19(27)16-12-17(33-25-16)15-10-9-11-24-18(15)26(20(28)31-13-22(2,3)4)21(29)32-14-23(5,6)7/h9-12H,8,13-14H2,1-7H3. The van der Waals surface area contributed by atoms with Crippen molar-refractivity contribution in [3.63, 3.8) is 0 Å². The van der Waals surface area contributed by atoms with Gasteiger partial charge in [0.05, 0.1) is 25.4 Å². The van der Waals surface area contributed by atoms with Crippen LogP contribution in [0, 0.1) is 10.8 Å². The Balaban J connectivity index is 2.45. The molecule has 10 heteroatoms. The summed E-state index contributed by atoms with van der Waals surface area (Å²) < 4.78 is 20.9. The molecule has 2 amide bonds. The number of rotatable bonds is 6. The van der Waals surface area contributed by atoms with E-state index in [0.29, 0.717) is 4.90 Å². The van der Waals surface area contributed by atoms with Crippen LogP contribution in [0.1, 0.15) is 59.0 Å². The smallest absolute Gasteiger partial charge is 0.425 e. The number of nitrogens with zero attached hydrogens (tertiary/aromatic N) is 3. The van der Waals surface area contributed by atoms with Gasteiger partial charge in [0.2, 0.25) is 0 Å². The molecule has 0 saturated carbocycles. The Kier molecular flexibility index (Phi) is 8.18. The van der Waals surface area contributed by atoms with Crippen LogP contribution in [-0.2, 0) is 14.2 Å². The molecule has 0 saturated heterocycles. The molecule has 0 aliphatic carbocycles. The summed E-state index contributed by atoms with van der Waals surface area (Å²) in [5.74, 6) is -0.635. The van der Waals surface area contributed by atoms with Gasteiger partial charge in [-0.1, -0.05) is 46.7 Å². The molecule has 2 aromatic heterocycles. The monoisotopic (exact) mass is 461 g/mol. The third-order valence-electron chi connectivity index (χ3n) is 3.88. The van der Waals surface area contributed by atoms with Crippen LogP contribution in [-0.4, -0.2) is 48.1 Å². The number of imide groups is 1. The van der Waals surface area contributed by atoms with Crippen LogP contribution in [0.15, 0.2) is 28.9 Å². The number of hydrogen-bond acceptors (Lipinski definition) is 9. The molecule has 2 heterocycles. The van der Waals surface area contributed by atoms with Crippen LogP contribution in [0.4, 0.5) is 15.4 Å². The van der Waals surface area contributed by atoms with Crippen LogP contribution < -0.4 is 4.90 Å². The van der Waals surface area contributed by atoms with Gasteiger partial charge in [0.1, 0.15) is 0 Å². The molecule has 0 spiro atoms. The third kappa shape index (κ3) is 7.58. The van der Waals surface area contributed by atoms with Gasteiger partial charge in [-0.3, -0.25) is 0 Å². The van der Waals surface area contributed by atoms with Crippen molar-refractivity contribution in [1.29, 1.82) is 0 Å². The van der Waals surface area contributed by atoms with E-state index in [-0.39, 0.29) is 53.5 Å². The van der Waals surface area contributed by atoms with Crippen LogP contribution in [0.5, 0.6) is 0 Å². The van der Waals surface area contributed by atoms with Crippen molar-refractivity contribution >= 4 is 24.0 Å². The first-order chi connectivity index (χ1) is 15.3. The maximum absolute atomic E-state index is 13.0. The SMILES string of the molecule is CCOC(=O)c1cc(-c2cccnc2N(C(=O)OCC(C)(C)C)C(=O)OCC(C)(C)C)on1. The van der Waals surface area contributed by atoms with E-state index in [4.69, 9.17) is 18.7 Å². The first-order valence-corrected chi connectivity index (χ1v) is 10.6. The van der Waals surface area contributed by atoms with Crippen molar-refractivity contribution in [3.8, 4) is 11.3 Å². The number of hydrogen-bond donors (Lipinski definition) is 0. The summed E-state index contributed by atoms with van der Waals surface area (Å²) in [7, 11) is 0. The van der Waals surface area contributed by atoms with Gasteiger partial charge in [-0.05, 0) is 29.9 Å². The highest BCUT2D eigenvalue weighted by molar-refractivity contribution is 6.10. The first-order valence-electron chi connectivity index (χ1n) is 10.6. The lowest BCUT2D eigenvalue weighted by Gasteiger charge is -2.25. The number of amides is 2. The highest BCUT2D eigenvalue weighted by Crippen LogP contribution is 2.31. The van der Waals surface area contributed by atoms with Gasteiger partial charge in [-0.25, -0.2) is 19.4 Å². The number of carbonyl (C=O) groups is 3. The molecule has 0 aliphatic rings. The number of ether oxygens (including phenoxy) is 3. The van der Waals surface area contributed by atoms with Crippen molar-refractivity contribution in [2.45, 2.75) is 48.5 Å². The van der Waals surface area contributed by atoms with E-state index < -0.39 is 18.2 Å². The molecule has 0 atom stereocenters. The van der Waals surface area contributed by atoms with Crippen molar-refractivity contribution in [2.24, 2.45) is 10.8 Å². The Morgan fingerprint density at radius 2 is 1.55 bits per heavy atom. The zero-order valence-electron chi connectivity index (χ0n) is 20.1. The van der Waals surface area contributed by atoms with Crippen molar-refractivity contribution < 1.29 is 33.1 Å². The summed E-state index contributed by atoms with van der Waals surface area (Å²) in [6.45, 7) is 13.3. The zero-order valence-corrected chi connectivity index (χ0v) is 20.1. The van der Waals surface area contributed by atoms with Gasteiger partial charge >= 0.3 is 18.2 Å². The molecule has 180 valence electrons. The maximum atomic E-state index is 13.0. The van der Waals surface area contributed by atoms with E-state index in [2.05, 4.69) is 10.1 Å². The van der Waals surface area contributed by atoms with Crippen LogP contribution in [0.2, 0.25) is 0 Å². The fourth-order valence-electron chi connectivity index (χ4n) is 2.40. The summed E-state index contributed by atoms with van der Waals surface area (Å²) in [5.41, 5.74) is -0.480. The fraction of sp³-hybridized carbons (Fsp3) is 0.522. The molecule has 0 unspecified atom stereocenters. The molecule has 0 bridgehead atoms.